The lowest BCUT2D eigenvalue weighted by Gasteiger charge is -2.13. The average Bonchev–Trinajstić information content (AvgIpc) is 2.53. The van der Waals surface area contributed by atoms with E-state index in [0.29, 0.717) is 5.69 Å². The van der Waals surface area contributed by atoms with Crippen molar-refractivity contribution in [1.29, 1.82) is 0 Å². The normalized spacial score (nSPS) is 12.0. The average molecular weight is 288 g/mol. The molecule has 0 spiro atoms. The van der Waals surface area contributed by atoms with E-state index < -0.39 is 13.0 Å². The van der Waals surface area contributed by atoms with Gasteiger partial charge in [-0.3, -0.25) is 0 Å². The largest absolute Gasteiger partial charge is 0.472 e. The SMILES string of the molecule is [C-]#[N+]c1ccc(C(C)c2ccc(OCC(F)F)nc2)cc1. The van der Waals surface area contributed by atoms with E-state index in [2.05, 4.69) is 9.83 Å². The molecule has 2 rings (SSSR count). The van der Waals surface area contributed by atoms with Gasteiger partial charge in [-0.25, -0.2) is 18.6 Å². The van der Waals surface area contributed by atoms with Gasteiger partial charge >= 0.3 is 0 Å². The highest BCUT2D eigenvalue weighted by Crippen LogP contribution is 2.26. The lowest BCUT2D eigenvalue weighted by atomic mass is 9.94. The van der Waals surface area contributed by atoms with Gasteiger partial charge in [0.1, 0.15) is 0 Å². The van der Waals surface area contributed by atoms with Gasteiger partial charge in [0.15, 0.2) is 12.3 Å². The zero-order chi connectivity index (χ0) is 15.2. The van der Waals surface area contributed by atoms with Gasteiger partial charge in [-0.15, -0.1) is 0 Å². The maximum absolute atomic E-state index is 12.0. The van der Waals surface area contributed by atoms with Gasteiger partial charge in [0.2, 0.25) is 5.88 Å². The van der Waals surface area contributed by atoms with Crippen molar-refractivity contribution < 1.29 is 13.5 Å². The zero-order valence-electron chi connectivity index (χ0n) is 11.5. The molecule has 0 saturated carbocycles. The summed E-state index contributed by atoms with van der Waals surface area (Å²) >= 11 is 0. The third-order valence-corrected chi connectivity index (χ3v) is 3.14. The molecule has 1 aromatic heterocycles. The number of rotatable bonds is 5. The molecule has 0 radical (unpaired) electrons. The molecule has 108 valence electrons. The molecule has 21 heavy (non-hydrogen) atoms. The Hall–Kier alpha value is -2.48. The lowest BCUT2D eigenvalue weighted by molar-refractivity contribution is 0.0796. The highest BCUT2D eigenvalue weighted by Gasteiger charge is 2.10. The van der Waals surface area contributed by atoms with E-state index in [-0.39, 0.29) is 11.8 Å². The van der Waals surface area contributed by atoms with Gasteiger partial charge in [-0.1, -0.05) is 37.3 Å². The molecule has 0 aliphatic rings. The summed E-state index contributed by atoms with van der Waals surface area (Å²) in [5.74, 6) is 0.288. The predicted molar refractivity (Wildman–Crippen MR) is 76.0 cm³/mol. The van der Waals surface area contributed by atoms with Crippen LogP contribution in [0.2, 0.25) is 0 Å². The second kappa shape index (κ2) is 6.80. The lowest BCUT2D eigenvalue weighted by Crippen LogP contribution is -2.08. The number of halogens is 2. The van der Waals surface area contributed by atoms with Gasteiger partial charge in [0.05, 0.1) is 6.57 Å². The minimum absolute atomic E-state index is 0.0985. The first-order chi connectivity index (χ1) is 10.1. The van der Waals surface area contributed by atoms with Crippen molar-refractivity contribution in [2.75, 3.05) is 6.61 Å². The fraction of sp³-hybridized carbons (Fsp3) is 0.250. The van der Waals surface area contributed by atoms with Crippen LogP contribution in [0.25, 0.3) is 4.85 Å². The molecule has 1 unspecified atom stereocenters. The Morgan fingerprint density at radius 3 is 2.33 bits per heavy atom. The number of aromatic nitrogens is 1. The summed E-state index contributed by atoms with van der Waals surface area (Å²) in [7, 11) is 0. The molecule has 0 aliphatic heterocycles. The van der Waals surface area contributed by atoms with Crippen LogP contribution in [0, 0.1) is 6.57 Å². The van der Waals surface area contributed by atoms with Crippen molar-refractivity contribution in [3.8, 4) is 5.88 Å². The Kier molecular flexibility index (Phi) is 4.83. The number of pyridine rings is 1. The standard InChI is InChI=1S/C16H14F2N2O/c1-11(12-3-6-14(19-2)7-4-12)13-5-8-16(20-9-13)21-10-15(17)18/h3-9,11,15H,10H2,1H3. The van der Waals surface area contributed by atoms with E-state index in [1.54, 1.807) is 30.5 Å². The summed E-state index contributed by atoms with van der Waals surface area (Å²) in [6, 6.07) is 10.7. The van der Waals surface area contributed by atoms with Gasteiger partial charge < -0.3 is 4.74 Å². The van der Waals surface area contributed by atoms with Crippen molar-refractivity contribution in [3.63, 3.8) is 0 Å². The smallest absolute Gasteiger partial charge is 0.272 e. The number of ether oxygens (including phenoxy) is 1. The fourth-order valence-corrected chi connectivity index (χ4v) is 1.91. The second-order valence-corrected chi connectivity index (χ2v) is 4.56. The Labute approximate surface area is 122 Å². The molecule has 3 nitrogen and oxygen atoms in total. The van der Waals surface area contributed by atoms with E-state index >= 15 is 0 Å². The molecule has 2 aromatic rings. The van der Waals surface area contributed by atoms with Gasteiger partial charge in [0, 0.05) is 18.2 Å². The van der Waals surface area contributed by atoms with Crippen LogP contribution in [0.3, 0.4) is 0 Å². The van der Waals surface area contributed by atoms with Gasteiger partial charge in [0.25, 0.3) is 6.43 Å². The third kappa shape index (κ3) is 3.99. The van der Waals surface area contributed by atoms with E-state index in [1.165, 1.54) is 0 Å². The summed E-state index contributed by atoms with van der Waals surface area (Å²) < 4.78 is 28.9. The molecule has 0 bridgehead atoms. The molecule has 0 N–H and O–H groups in total. The molecule has 1 atom stereocenters. The summed E-state index contributed by atoms with van der Waals surface area (Å²) in [4.78, 5) is 7.38. The molecular formula is C16H14F2N2O. The Bertz CT molecular complexity index is 618. The molecule has 5 heteroatoms. The van der Waals surface area contributed by atoms with Gasteiger partial charge in [-0.2, -0.15) is 0 Å². The molecule has 1 aromatic carbocycles. The van der Waals surface area contributed by atoms with Crippen LogP contribution in [0.1, 0.15) is 24.0 Å². The Morgan fingerprint density at radius 2 is 1.81 bits per heavy atom. The topological polar surface area (TPSA) is 26.5 Å². The Balaban J connectivity index is 2.08. The molecule has 0 fully saturated rings. The summed E-state index contributed by atoms with van der Waals surface area (Å²) in [6.07, 6.45) is -0.889. The van der Waals surface area contributed by atoms with Crippen LogP contribution in [-0.4, -0.2) is 18.0 Å². The van der Waals surface area contributed by atoms with E-state index in [0.717, 1.165) is 11.1 Å². The number of hydrogen-bond donors (Lipinski definition) is 0. The number of alkyl halides is 2. The van der Waals surface area contributed by atoms with Crippen molar-refractivity contribution in [3.05, 3.63) is 65.1 Å². The number of nitrogens with zero attached hydrogens (tertiary/aromatic N) is 2. The first kappa shape index (κ1) is 14.9. The van der Waals surface area contributed by atoms with Gasteiger partial charge in [-0.05, 0) is 11.1 Å². The van der Waals surface area contributed by atoms with Crippen molar-refractivity contribution in [1.82, 2.24) is 4.98 Å². The van der Waals surface area contributed by atoms with Crippen LogP contribution in [0.5, 0.6) is 5.88 Å². The summed E-state index contributed by atoms with van der Waals surface area (Å²) in [6.45, 7) is 8.29. The van der Waals surface area contributed by atoms with Crippen LogP contribution >= 0.6 is 0 Å². The first-order valence-electron chi connectivity index (χ1n) is 6.44. The maximum atomic E-state index is 12.0. The van der Waals surface area contributed by atoms with Crippen LogP contribution < -0.4 is 4.74 Å². The number of benzene rings is 1. The maximum Gasteiger partial charge on any atom is 0.272 e. The molecule has 0 amide bonds. The summed E-state index contributed by atoms with van der Waals surface area (Å²) in [5.41, 5.74) is 2.61. The van der Waals surface area contributed by atoms with Crippen LogP contribution in [0.4, 0.5) is 14.5 Å². The third-order valence-electron chi connectivity index (χ3n) is 3.14. The minimum atomic E-state index is -2.51. The van der Waals surface area contributed by atoms with E-state index in [1.807, 2.05) is 19.1 Å². The van der Waals surface area contributed by atoms with E-state index in [9.17, 15) is 8.78 Å². The molecule has 1 heterocycles. The number of hydrogen-bond acceptors (Lipinski definition) is 2. The predicted octanol–water partition coefficient (Wildman–Crippen LogP) is 4.43. The van der Waals surface area contributed by atoms with Crippen molar-refractivity contribution in [2.45, 2.75) is 19.3 Å². The van der Waals surface area contributed by atoms with Crippen molar-refractivity contribution in [2.24, 2.45) is 0 Å². The van der Waals surface area contributed by atoms with Crippen LogP contribution in [0.15, 0.2) is 42.6 Å². The van der Waals surface area contributed by atoms with E-state index in [4.69, 9.17) is 11.3 Å². The molecule has 0 aliphatic carbocycles. The van der Waals surface area contributed by atoms with Crippen LogP contribution in [-0.2, 0) is 0 Å². The Morgan fingerprint density at radius 1 is 1.14 bits per heavy atom. The zero-order valence-corrected chi connectivity index (χ0v) is 11.5. The minimum Gasteiger partial charge on any atom is -0.472 e. The fourth-order valence-electron chi connectivity index (χ4n) is 1.91. The molecule has 0 saturated heterocycles. The van der Waals surface area contributed by atoms with Crippen molar-refractivity contribution >= 4 is 5.69 Å². The molecular weight excluding hydrogens is 274 g/mol. The highest BCUT2D eigenvalue weighted by atomic mass is 19.3. The first-order valence-corrected chi connectivity index (χ1v) is 6.44. The quantitative estimate of drug-likeness (QED) is 0.761. The summed E-state index contributed by atoms with van der Waals surface area (Å²) in [5, 5.41) is 0. The monoisotopic (exact) mass is 288 g/mol. The second-order valence-electron chi connectivity index (χ2n) is 4.56. The highest BCUT2D eigenvalue weighted by molar-refractivity contribution is 5.47.